The highest BCUT2D eigenvalue weighted by Gasteiger charge is 2.24. The Bertz CT molecular complexity index is 676. The lowest BCUT2D eigenvalue weighted by molar-refractivity contribution is -0.0259. The SMILES string of the molecule is Cc1cc(NC(C)C2CN(C)CCO2)c2cccc(F)c2n1. The number of morpholine rings is 1. The Kier molecular flexibility index (Phi) is 4.27. The van der Waals surface area contributed by atoms with Gasteiger partial charge in [-0.1, -0.05) is 12.1 Å². The second-order valence-electron chi connectivity index (χ2n) is 6.05. The molecule has 1 fully saturated rings. The summed E-state index contributed by atoms with van der Waals surface area (Å²) in [5.74, 6) is -0.287. The summed E-state index contributed by atoms with van der Waals surface area (Å²) in [5, 5.41) is 4.29. The molecule has 0 saturated carbocycles. The van der Waals surface area contributed by atoms with Crippen molar-refractivity contribution in [2.75, 3.05) is 32.1 Å². The number of hydrogen-bond acceptors (Lipinski definition) is 4. The first-order valence-electron chi connectivity index (χ1n) is 7.67. The van der Waals surface area contributed by atoms with E-state index in [0.717, 1.165) is 36.5 Å². The number of ether oxygens (including phenoxy) is 1. The molecule has 0 amide bonds. The second kappa shape index (κ2) is 6.18. The van der Waals surface area contributed by atoms with E-state index in [2.05, 4.69) is 29.2 Å². The average Bonchev–Trinajstić information content (AvgIpc) is 2.48. The minimum Gasteiger partial charge on any atom is -0.379 e. The van der Waals surface area contributed by atoms with Gasteiger partial charge in [-0.2, -0.15) is 0 Å². The molecular weight excluding hydrogens is 281 g/mol. The molecule has 1 aliphatic heterocycles. The number of halogens is 1. The van der Waals surface area contributed by atoms with Crippen LogP contribution < -0.4 is 5.32 Å². The monoisotopic (exact) mass is 303 g/mol. The number of fused-ring (bicyclic) bond motifs is 1. The van der Waals surface area contributed by atoms with Gasteiger partial charge in [0.2, 0.25) is 0 Å². The fourth-order valence-corrected chi connectivity index (χ4v) is 2.91. The predicted molar refractivity (Wildman–Crippen MR) is 86.8 cm³/mol. The maximum Gasteiger partial charge on any atom is 0.149 e. The molecule has 2 unspecified atom stereocenters. The molecule has 2 heterocycles. The van der Waals surface area contributed by atoms with Crippen LogP contribution in [0.2, 0.25) is 0 Å². The van der Waals surface area contributed by atoms with Crippen LogP contribution in [0.15, 0.2) is 24.3 Å². The second-order valence-corrected chi connectivity index (χ2v) is 6.05. The van der Waals surface area contributed by atoms with Crippen molar-refractivity contribution in [1.82, 2.24) is 9.88 Å². The van der Waals surface area contributed by atoms with E-state index >= 15 is 0 Å². The van der Waals surface area contributed by atoms with Crippen molar-refractivity contribution in [2.45, 2.75) is 26.0 Å². The number of anilines is 1. The number of rotatable bonds is 3. The Morgan fingerprint density at radius 1 is 1.45 bits per heavy atom. The normalized spacial score (nSPS) is 21.0. The third-order valence-electron chi connectivity index (χ3n) is 4.16. The molecule has 0 bridgehead atoms. The highest BCUT2D eigenvalue weighted by atomic mass is 19.1. The molecule has 1 aliphatic rings. The number of aryl methyl sites for hydroxylation is 1. The van der Waals surface area contributed by atoms with E-state index in [4.69, 9.17) is 4.74 Å². The first-order valence-corrected chi connectivity index (χ1v) is 7.67. The van der Waals surface area contributed by atoms with Crippen LogP contribution in [-0.4, -0.2) is 48.8 Å². The molecule has 118 valence electrons. The van der Waals surface area contributed by atoms with Crippen LogP contribution >= 0.6 is 0 Å². The summed E-state index contributed by atoms with van der Waals surface area (Å²) in [6.45, 7) is 6.59. The zero-order valence-corrected chi connectivity index (χ0v) is 13.3. The number of para-hydroxylation sites is 1. The maximum atomic E-state index is 14.0. The van der Waals surface area contributed by atoms with Crippen LogP contribution in [0.4, 0.5) is 10.1 Å². The molecule has 0 radical (unpaired) electrons. The lowest BCUT2D eigenvalue weighted by atomic mass is 10.1. The van der Waals surface area contributed by atoms with Crippen LogP contribution in [-0.2, 0) is 4.74 Å². The molecule has 4 nitrogen and oxygen atoms in total. The number of pyridine rings is 1. The van der Waals surface area contributed by atoms with Gasteiger partial charge < -0.3 is 15.0 Å². The van der Waals surface area contributed by atoms with E-state index in [1.54, 1.807) is 6.07 Å². The number of nitrogens with zero attached hydrogens (tertiary/aromatic N) is 2. The quantitative estimate of drug-likeness (QED) is 0.946. The summed E-state index contributed by atoms with van der Waals surface area (Å²) in [6.07, 6.45) is 0.121. The van der Waals surface area contributed by atoms with Gasteiger partial charge in [0.15, 0.2) is 0 Å². The lowest BCUT2D eigenvalue weighted by Crippen LogP contribution is -2.47. The zero-order chi connectivity index (χ0) is 15.7. The molecule has 1 saturated heterocycles. The highest BCUT2D eigenvalue weighted by Crippen LogP contribution is 2.26. The summed E-state index contributed by atoms with van der Waals surface area (Å²) >= 11 is 0. The third kappa shape index (κ3) is 3.05. The smallest absolute Gasteiger partial charge is 0.149 e. The Labute approximate surface area is 130 Å². The maximum absolute atomic E-state index is 14.0. The van der Waals surface area contributed by atoms with Gasteiger partial charge in [0.25, 0.3) is 0 Å². The summed E-state index contributed by atoms with van der Waals surface area (Å²) in [6, 6.07) is 7.16. The van der Waals surface area contributed by atoms with Crippen LogP contribution in [0.3, 0.4) is 0 Å². The molecule has 3 rings (SSSR count). The summed E-state index contributed by atoms with van der Waals surface area (Å²) in [5.41, 5.74) is 2.12. The van der Waals surface area contributed by atoms with Crippen LogP contribution in [0.25, 0.3) is 10.9 Å². The number of benzene rings is 1. The lowest BCUT2D eigenvalue weighted by Gasteiger charge is -2.34. The Morgan fingerprint density at radius 2 is 2.27 bits per heavy atom. The van der Waals surface area contributed by atoms with Crippen molar-refractivity contribution in [3.05, 3.63) is 35.8 Å². The van der Waals surface area contributed by atoms with Crippen LogP contribution in [0, 0.1) is 12.7 Å². The summed E-state index contributed by atoms with van der Waals surface area (Å²) in [4.78, 5) is 6.58. The van der Waals surface area contributed by atoms with E-state index in [-0.39, 0.29) is 18.0 Å². The van der Waals surface area contributed by atoms with Gasteiger partial charge in [-0.25, -0.2) is 9.37 Å². The minimum atomic E-state index is -0.287. The van der Waals surface area contributed by atoms with Crippen molar-refractivity contribution < 1.29 is 9.13 Å². The fourth-order valence-electron chi connectivity index (χ4n) is 2.91. The van der Waals surface area contributed by atoms with Crippen LogP contribution in [0.5, 0.6) is 0 Å². The van der Waals surface area contributed by atoms with E-state index < -0.39 is 0 Å². The van der Waals surface area contributed by atoms with Gasteiger partial charge in [-0.3, -0.25) is 0 Å². The van der Waals surface area contributed by atoms with Gasteiger partial charge in [0, 0.05) is 29.9 Å². The third-order valence-corrected chi connectivity index (χ3v) is 4.16. The standard InChI is InChI=1S/C17H22FN3O/c1-11-9-15(13-5-4-6-14(18)17(13)19-11)20-12(2)16-10-21(3)7-8-22-16/h4-6,9,12,16H,7-8,10H2,1-3H3,(H,19,20). The number of aromatic nitrogens is 1. The molecule has 0 spiro atoms. The van der Waals surface area contributed by atoms with Gasteiger partial charge in [-0.15, -0.1) is 0 Å². The van der Waals surface area contributed by atoms with Gasteiger partial charge in [-0.05, 0) is 33.0 Å². The Morgan fingerprint density at radius 3 is 3.05 bits per heavy atom. The molecule has 2 aromatic rings. The average molecular weight is 303 g/mol. The molecule has 1 aromatic heterocycles. The highest BCUT2D eigenvalue weighted by molar-refractivity contribution is 5.91. The number of likely N-dealkylation sites (N-methyl/N-ethyl adjacent to an activating group) is 1. The first-order chi connectivity index (χ1) is 10.5. The molecule has 1 aromatic carbocycles. The Hall–Kier alpha value is -1.72. The topological polar surface area (TPSA) is 37.4 Å². The Balaban J connectivity index is 1.88. The first kappa shape index (κ1) is 15.2. The van der Waals surface area contributed by atoms with Gasteiger partial charge in [0.05, 0.1) is 18.8 Å². The molecular formula is C17H22FN3O. The van der Waals surface area contributed by atoms with Crippen molar-refractivity contribution in [3.8, 4) is 0 Å². The number of hydrogen-bond donors (Lipinski definition) is 1. The molecule has 5 heteroatoms. The van der Waals surface area contributed by atoms with Gasteiger partial charge in [0.1, 0.15) is 11.3 Å². The zero-order valence-electron chi connectivity index (χ0n) is 13.3. The van der Waals surface area contributed by atoms with E-state index in [1.807, 2.05) is 19.1 Å². The molecule has 2 atom stereocenters. The number of nitrogens with one attached hydrogen (secondary N) is 1. The molecule has 1 N–H and O–H groups in total. The predicted octanol–water partition coefficient (Wildman–Crippen LogP) is 2.81. The summed E-state index contributed by atoms with van der Waals surface area (Å²) < 4.78 is 19.8. The molecule has 22 heavy (non-hydrogen) atoms. The van der Waals surface area contributed by atoms with Crippen molar-refractivity contribution >= 4 is 16.6 Å². The van der Waals surface area contributed by atoms with Crippen molar-refractivity contribution in [1.29, 1.82) is 0 Å². The van der Waals surface area contributed by atoms with Crippen molar-refractivity contribution in [3.63, 3.8) is 0 Å². The van der Waals surface area contributed by atoms with E-state index in [1.165, 1.54) is 6.07 Å². The van der Waals surface area contributed by atoms with E-state index in [9.17, 15) is 4.39 Å². The minimum absolute atomic E-state index is 0.121. The van der Waals surface area contributed by atoms with Crippen molar-refractivity contribution in [2.24, 2.45) is 0 Å². The largest absolute Gasteiger partial charge is 0.379 e. The van der Waals surface area contributed by atoms with Gasteiger partial charge >= 0.3 is 0 Å². The van der Waals surface area contributed by atoms with E-state index in [0.29, 0.717) is 5.52 Å². The fraction of sp³-hybridized carbons (Fsp3) is 0.471. The summed E-state index contributed by atoms with van der Waals surface area (Å²) in [7, 11) is 2.10. The molecule has 0 aliphatic carbocycles. The van der Waals surface area contributed by atoms with Crippen LogP contribution in [0.1, 0.15) is 12.6 Å².